The molecule has 0 amide bonds. The molecular weight excluding hydrogens is 304 g/mol. The van der Waals surface area contributed by atoms with E-state index in [9.17, 15) is 0 Å². The first-order valence-electron chi connectivity index (χ1n) is 7.19. The SMILES string of the molecule is CCCNc1cc(N(C)Cc2ccc(Cl)s2)nc(CC)n1. The van der Waals surface area contributed by atoms with Gasteiger partial charge in [-0.05, 0) is 18.6 Å². The Balaban J connectivity index is 2.16. The number of hydrogen-bond acceptors (Lipinski definition) is 5. The van der Waals surface area contributed by atoms with Crippen LogP contribution in [0.25, 0.3) is 0 Å². The molecule has 114 valence electrons. The molecule has 0 aliphatic carbocycles. The summed E-state index contributed by atoms with van der Waals surface area (Å²) < 4.78 is 0.820. The van der Waals surface area contributed by atoms with Crippen molar-refractivity contribution in [3.63, 3.8) is 0 Å². The summed E-state index contributed by atoms with van der Waals surface area (Å²) in [6, 6.07) is 5.99. The van der Waals surface area contributed by atoms with Crippen LogP contribution in [0, 0.1) is 0 Å². The molecule has 21 heavy (non-hydrogen) atoms. The van der Waals surface area contributed by atoms with Crippen molar-refractivity contribution in [1.29, 1.82) is 0 Å². The molecule has 0 spiro atoms. The van der Waals surface area contributed by atoms with Crippen molar-refractivity contribution < 1.29 is 0 Å². The zero-order chi connectivity index (χ0) is 15.2. The third kappa shape index (κ3) is 4.58. The number of aromatic nitrogens is 2. The van der Waals surface area contributed by atoms with E-state index in [0.717, 1.165) is 47.7 Å². The third-order valence-electron chi connectivity index (χ3n) is 3.04. The molecule has 0 aliphatic rings. The van der Waals surface area contributed by atoms with Crippen LogP contribution in [0.3, 0.4) is 0 Å². The second-order valence-corrected chi connectivity index (χ2v) is 6.67. The summed E-state index contributed by atoms with van der Waals surface area (Å²) in [6.45, 7) is 5.93. The van der Waals surface area contributed by atoms with E-state index in [1.54, 1.807) is 11.3 Å². The Hall–Kier alpha value is -1.33. The zero-order valence-electron chi connectivity index (χ0n) is 12.7. The molecule has 0 saturated carbocycles. The van der Waals surface area contributed by atoms with Crippen molar-refractivity contribution in [3.05, 3.63) is 33.2 Å². The molecule has 0 saturated heterocycles. The van der Waals surface area contributed by atoms with Gasteiger partial charge in [0.05, 0.1) is 10.9 Å². The molecule has 0 aliphatic heterocycles. The number of aryl methyl sites for hydroxylation is 1. The van der Waals surface area contributed by atoms with Gasteiger partial charge in [0.25, 0.3) is 0 Å². The average molecular weight is 325 g/mol. The van der Waals surface area contributed by atoms with E-state index in [0.29, 0.717) is 0 Å². The fourth-order valence-electron chi connectivity index (χ4n) is 1.93. The highest BCUT2D eigenvalue weighted by Gasteiger charge is 2.09. The van der Waals surface area contributed by atoms with Crippen LogP contribution in [-0.4, -0.2) is 23.6 Å². The number of hydrogen-bond donors (Lipinski definition) is 1. The van der Waals surface area contributed by atoms with Gasteiger partial charge in [0.15, 0.2) is 0 Å². The Labute approximate surface area is 135 Å². The Kier molecular flexibility index (Phi) is 5.82. The highest BCUT2D eigenvalue weighted by atomic mass is 35.5. The van der Waals surface area contributed by atoms with Crippen molar-refractivity contribution in [2.24, 2.45) is 0 Å². The maximum Gasteiger partial charge on any atom is 0.134 e. The lowest BCUT2D eigenvalue weighted by atomic mass is 10.3. The van der Waals surface area contributed by atoms with E-state index in [1.165, 1.54) is 4.88 Å². The number of nitrogens with zero attached hydrogens (tertiary/aromatic N) is 3. The van der Waals surface area contributed by atoms with Crippen molar-refractivity contribution in [2.75, 3.05) is 23.8 Å². The fourth-order valence-corrected chi connectivity index (χ4v) is 3.07. The quantitative estimate of drug-likeness (QED) is 0.828. The Bertz CT molecular complexity index is 585. The molecule has 0 aromatic carbocycles. The molecular formula is C15H21ClN4S. The summed E-state index contributed by atoms with van der Waals surface area (Å²) in [7, 11) is 2.04. The Morgan fingerprint density at radius 3 is 2.71 bits per heavy atom. The van der Waals surface area contributed by atoms with Crippen molar-refractivity contribution >= 4 is 34.6 Å². The van der Waals surface area contributed by atoms with Gasteiger partial charge in [0.2, 0.25) is 0 Å². The van der Waals surface area contributed by atoms with E-state index in [4.69, 9.17) is 11.6 Å². The van der Waals surface area contributed by atoms with Gasteiger partial charge < -0.3 is 10.2 Å². The topological polar surface area (TPSA) is 41.0 Å². The van der Waals surface area contributed by atoms with Crippen molar-refractivity contribution in [2.45, 2.75) is 33.2 Å². The number of rotatable bonds is 7. The first kappa shape index (κ1) is 16.0. The molecule has 0 atom stereocenters. The highest BCUT2D eigenvalue weighted by molar-refractivity contribution is 7.16. The van der Waals surface area contributed by atoms with Crippen molar-refractivity contribution in [1.82, 2.24) is 9.97 Å². The molecule has 2 heterocycles. The second kappa shape index (κ2) is 7.61. The van der Waals surface area contributed by atoms with E-state index in [2.05, 4.69) is 40.1 Å². The maximum atomic E-state index is 5.98. The van der Waals surface area contributed by atoms with Gasteiger partial charge in [-0.2, -0.15) is 0 Å². The number of halogens is 1. The fraction of sp³-hybridized carbons (Fsp3) is 0.467. The summed E-state index contributed by atoms with van der Waals surface area (Å²) in [4.78, 5) is 12.5. The minimum atomic E-state index is 0.796. The number of thiophene rings is 1. The predicted molar refractivity (Wildman–Crippen MR) is 91.6 cm³/mol. The second-order valence-electron chi connectivity index (χ2n) is 4.87. The first-order chi connectivity index (χ1) is 10.1. The molecule has 0 radical (unpaired) electrons. The zero-order valence-corrected chi connectivity index (χ0v) is 14.3. The van der Waals surface area contributed by atoms with Crippen LogP contribution < -0.4 is 10.2 Å². The summed E-state index contributed by atoms with van der Waals surface area (Å²) in [5.41, 5.74) is 0. The van der Waals surface area contributed by atoms with Gasteiger partial charge in [-0.25, -0.2) is 9.97 Å². The van der Waals surface area contributed by atoms with E-state index < -0.39 is 0 Å². The summed E-state index contributed by atoms with van der Waals surface area (Å²) in [6.07, 6.45) is 1.90. The van der Waals surface area contributed by atoms with Gasteiger partial charge >= 0.3 is 0 Å². The maximum absolute atomic E-state index is 5.98. The van der Waals surface area contributed by atoms with Crippen LogP contribution in [0.15, 0.2) is 18.2 Å². The van der Waals surface area contributed by atoms with Gasteiger partial charge in [-0.15, -0.1) is 11.3 Å². The number of anilines is 2. The average Bonchev–Trinajstić information content (AvgIpc) is 2.89. The lowest BCUT2D eigenvalue weighted by molar-refractivity contribution is 0.862. The summed E-state index contributed by atoms with van der Waals surface area (Å²) >= 11 is 7.59. The predicted octanol–water partition coefficient (Wildman–Crippen LogP) is 4.21. The molecule has 2 aromatic heterocycles. The van der Waals surface area contributed by atoms with E-state index in [-0.39, 0.29) is 0 Å². The molecule has 6 heteroatoms. The minimum Gasteiger partial charge on any atom is -0.370 e. The smallest absolute Gasteiger partial charge is 0.134 e. The monoisotopic (exact) mass is 324 g/mol. The largest absolute Gasteiger partial charge is 0.370 e. The minimum absolute atomic E-state index is 0.796. The summed E-state index contributed by atoms with van der Waals surface area (Å²) in [5.74, 6) is 2.70. The van der Waals surface area contributed by atoms with Crippen LogP contribution >= 0.6 is 22.9 Å². The molecule has 1 N–H and O–H groups in total. The molecule has 2 rings (SSSR count). The molecule has 0 unspecified atom stereocenters. The van der Waals surface area contributed by atoms with E-state index in [1.807, 2.05) is 19.2 Å². The number of nitrogens with one attached hydrogen (secondary N) is 1. The molecule has 0 bridgehead atoms. The van der Waals surface area contributed by atoms with Gasteiger partial charge in [-0.1, -0.05) is 25.4 Å². The van der Waals surface area contributed by atoms with E-state index >= 15 is 0 Å². The van der Waals surface area contributed by atoms with Crippen LogP contribution in [0.2, 0.25) is 4.34 Å². The molecule has 0 fully saturated rings. The van der Waals surface area contributed by atoms with Gasteiger partial charge in [-0.3, -0.25) is 0 Å². The van der Waals surface area contributed by atoms with Crippen molar-refractivity contribution in [3.8, 4) is 0 Å². The lowest BCUT2D eigenvalue weighted by Crippen LogP contribution is -2.18. The third-order valence-corrected chi connectivity index (χ3v) is 4.26. The highest BCUT2D eigenvalue weighted by Crippen LogP contribution is 2.24. The van der Waals surface area contributed by atoms with Crippen LogP contribution in [0.1, 0.15) is 31.0 Å². The molecule has 4 nitrogen and oxygen atoms in total. The van der Waals surface area contributed by atoms with Crippen LogP contribution in [-0.2, 0) is 13.0 Å². The first-order valence-corrected chi connectivity index (χ1v) is 8.39. The lowest BCUT2D eigenvalue weighted by Gasteiger charge is -2.19. The summed E-state index contributed by atoms with van der Waals surface area (Å²) in [5, 5.41) is 3.34. The van der Waals surface area contributed by atoms with Gasteiger partial charge in [0, 0.05) is 31.0 Å². The van der Waals surface area contributed by atoms with Gasteiger partial charge in [0.1, 0.15) is 17.5 Å². The standard InChI is InChI=1S/C15H21ClN4S/c1-4-8-17-14-9-15(19-13(5-2)18-14)20(3)10-11-6-7-12(16)21-11/h6-7,9H,4-5,8,10H2,1-3H3,(H,17,18,19). The Morgan fingerprint density at radius 1 is 1.29 bits per heavy atom. The normalized spacial score (nSPS) is 10.7. The Morgan fingerprint density at radius 2 is 2.10 bits per heavy atom. The van der Waals surface area contributed by atoms with Crippen LogP contribution in [0.5, 0.6) is 0 Å². The molecule has 2 aromatic rings. The van der Waals surface area contributed by atoms with Crippen LogP contribution in [0.4, 0.5) is 11.6 Å².